The van der Waals surface area contributed by atoms with Crippen LogP contribution >= 0.6 is 0 Å². The Morgan fingerprint density at radius 3 is 1.83 bits per heavy atom. The topological polar surface area (TPSA) is 26.0 Å². The number of rotatable bonds is 4. The van der Waals surface area contributed by atoms with Crippen molar-refractivity contribution in [3.8, 4) is 0 Å². The Labute approximate surface area is 75.7 Å². The van der Waals surface area contributed by atoms with E-state index in [0.29, 0.717) is 5.41 Å². The maximum absolute atomic E-state index is 6.34. The lowest BCUT2D eigenvalue weighted by atomic mass is 9.78. The molecule has 0 saturated heterocycles. The number of nitrogens with two attached hydrogens (primary N) is 1. The van der Waals surface area contributed by atoms with Crippen molar-refractivity contribution < 1.29 is 0 Å². The van der Waals surface area contributed by atoms with Crippen LogP contribution in [0.3, 0.4) is 0 Å². The van der Waals surface area contributed by atoms with Crippen LogP contribution in [-0.4, -0.2) is 5.54 Å². The van der Waals surface area contributed by atoms with E-state index >= 15 is 0 Å². The first-order valence-electron chi connectivity index (χ1n) is 5.47. The molecule has 2 aliphatic carbocycles. The minimum Gasteiger partial charge on any atom is -0.325 e. The smallest absolute Gasteiger partial charge is 0.0215 e. The molecule has 2 saturated carbocycles. The monoisotopic (exact) mass is 167 g/mol. The van der Waals surface area contributed by atoms with Gasteiger partial charge in [-0.1, -0.05) is 26.7 Å². The van der Waals surface area contributed by atoms with Crippen molar-refractivity contribution in [2.75, 3.05) is 0 Å². The number of hydrogen-bond donors (Lipinski definition) is 1. The quantitative estimate of drug-likeness (QED) is 0.684. The van der Waals surface area contributed by atoms with E-state index in [2.05, 4.69) is 13.8 Å². The number of hydrogen-bond acceptors (Lipinski definition) is 1. The van der Waals surface area contributed by atoms with Gasteiger partial charge in [0.1, 0.15) is 0 Å². The first kappa shape index (κ1) is 8.55. The predicted octanol–water partition coefficient (Wildman–Crippen LogP) is 2.69. The third-order valence-corrected chi connectivity index (χ3v) is 4.34. The van der Waals surface area contributed by atoms with E-state index in [1.165, 1.54) is 38.5 Å². The Hall–Kier alpha value is -0.0400. The van der Waals surface area contributed by atoms with Gasteiger partial charge in [-0.25, -0.2) is 0 Å². The second-order valence-electron chi connectivity index (χ2n) is 4.83. The Kier molecular flexibility index (Phi) is 1.76. The van der Waals surface area contributed by atoms with Crippen LogP contribution in [-0.2, 0) is 0 Å². The molecule has 2 fully saturated rings. The molecule has 0 heterocycles. The molecule has 0 aromatic heterocycles. The zero-order chi connectivity index (χ0) is 8.82. The molecular formula is C11H21N. The molecule has 0 spiro atoms. The summed E-state index contributed by atoms with van der Waals surface area (Å²) in [5.74, 6) is 0.907. The summed E-state index contributed by atoms with van der Waals surface area (Å²) < 4.78 is 0. The van der Waals surface area contributed by atoms with Gasteiger partial charge in [-0.05, 0) is 37.0 Å². The molecule has 1 nitrogen and oxygen atoms in total. The highest BCUT2D eigenvalue weighted by atomic mass is 14.9. The van der Waals surface area contributed by atoms with E-state index in [-0.39, 0.29) is 5.54 Å². The highest BCUT2D eigenvalue weighted by molar-refractivity contribution is 5.20. The minimum atomic E-state index is 0.281. The summed E-state index contributed by atoms with van der Waals surface area (Å²) in [6, 6.07) is 0. The van der Waals surface area contributed by atoms with Crippen LogP contribution in [0.25, 0.3) is 0 Å². The summed E-state index contributed by atoms with van der Waals surface area (Å²) in [5.41, 5.74) is 7.21. The fraction of sp³-hybridized carbons (Fsp3) is 1.00. The van der Waals surface area contributed by atoms with Crippen molar-refractivity contribution in [3.05, 3.63) is 0 Å². The second kappa shape index (κ2) is 2.47. The largest absolute Gasteiger partial charge is 0.325 e. The molecule has 70 valence electrons. The molecule has 0 aromatic carbocycles. The van der Waals surface area contributed by atoms with Crippen LogP contribution in [0.1, 0.15) is 52.4 Å². The lowest BCUT2D eigenvalue weighted by molar-refractivity contribution is 0.224. The summed E-state index contributed by atoms with van der Waals surface area (Å²) in [7, 11) is 0. The van der Waals surface area contributed by atoms with Gasteiger partial charge in [0, 0.05) is 5.54 Å². The molecule has 0 atom stereocenters. The second-order valence-corrected chi connectivity index (χ2v) is 4.83. The van der Waals surface area contributed by atoms with Gasteiger partial charge in [-0.2, -0.15) is 0 Å². The molecule has 0 radical (unpaired) electrons. The SMILES string of the molecule is CCC(CC)C1(C2(N)CC2)CC1. The van der Waals surface area contributed by atoms with E-state index in [4.69, 9.17) is 5.73 Å². The fourth-order valence-corrected chi connectivity index (χ4v) is 3.15. The summed E-state index contributed by atoms with van der Waals surface area (Å²) in [4.78, 5) is 0. The maximum atomic E-state index is 6.34. The van der Waals surface area contributed by atoms with E-state index in [9.17, 15) is 0 Å². The third kappa shape index (κ3) is 0.953. The Balaban J connectivity index is 2.09. The first-order valence-corrected chi connectivity index (χ1v) is 5.47. The van der Waals surface area contributed by atoms with Crippen LogP contribution in [0, 0.1) is 11.3 Å². The van der Waals surface area contributed by atoms with Crippen LogP contribution in [0.4, 0.5) is 0 Å². The Bertz CT molecular complexity index is 173. The van der Waals surface area contributed by atoms with Crippen molar-refractivity contribution in [1.82, 2.24) is 0 Å². The molecule has 0 aromatic rings. The Morgan fingerprint density at radius 1 is 1.08 bits per heavy atom. The molecule has 0 unspecified atom stereocenters. The average molecular weight is 167 g/mol. The zero-order valence-electron chi connectivity index (χ0n) is 8.40. The van der Waals surface area contributed by atoms with Gasteiger partial charge < -0.3 is 5.73 Å². The van der Waals surface area contributed by atoms with Crippen molar-refractivity contribution >= 4 is 0 Å². The lowest BCUT2D eigenvalue weighted by Crippen LogP contribution is -2.39. The van der Waals surface area contributed by atoms with E-state index in [1.54, 1.807) is 0 Å². The molecule has 2 N–H and O–H groups in total. The molecular weight excluding hydrogens is 146 g/mol. The molecule has 2 aliphatic rings. The van der Waals surface area contributed by atoms with Gasteiger partial charge in [-0.3, -0.25) is 0 Å². The van der Waals surface area contributed by atoms with Crippen LogP contribution < -0.4 is 5.73 Å². The van der Waals surface area contributed by atoms with Crippen LogP contribution in [0.5, 0.6) is 0 Å². The fourth-order valence-electron chi connectivity index (χ4n) is 3.15. The van der Waals surface area contributed by atoms with Crippen molar-refractivity contribution in [2.45, 2.75) is 57.9 Å². The Morgan fingerprint density at radius 2 is 1.58 bits per heavy atom. The van der Waals surface area contributed by atoms with Gasteiger partial charge in [0.15, 0.2) is 0 Å². The molecule has 0 bridgehead atoms. The van der Waals surface area contributed by atoms with E-state index in [1.807, 2.05) is 0 Å². The van der Waals surface area contributed by atoms with Gasteiger partial charge >= 0.3 is 0 Å². The van der Waals surface area contributed by atoms with Crippen molar-refractivity contribution in [1.29, 1.82) is 0 Å². The van der Waals surface area contributed by atoms with Crippen molar-refractivity contribution in [3.63, 3.8) is 0 Å². The van der Waals surface area contributed by atoms with Crippen molar-refractivity contribution in [2.24, 2.45) is 17.1 Å². The summed E-state index contributed by atoms with van der Waals surface area (Å²) in [6.07, 6.45) is 8.07. The van der Waals surface area contributed by atoms with E-state index < -0.39 is 0 Å². The van der Waals surface area contributed by atoms with Crippen LogP contribution in [0.15, 0.2) is 0 Å². The third-order valence-electron chi connectivity index (χ3n) is 4.34. The van der Waals surface area contributed by atoms with E-state index in [0.717, 1.165) is 5.92 Å². The molecule has 1 heteroatoms. The molecule has 0 amide bonds. The summed E-state index contributed by atoms with van der Waals surface area (Å²) >= 11 is 0. The predicted molar refractivity (Wildman–Crippen MR) is 51.9 cm³/mol. The average Bonchev–Trinajstić information content (AvgIpc) is 2.89. The highest BCUT2D eigenvalue weighted by Crippen LogP contribution is 2.67. The summed E-state index contributed by atoms with van der Waals surface area (Å²) in [6.45, 7) is 4.64. The maximum Gasteiger partial charge on any atom is 0.0215 e. The van der Waals surface area contributed by atoms with Gasteiger partial charge in [-0.15, -0.1) is 0 Å². The standard InChI is InChI=1S/C11H21N/c1-3-9(4-2)10(5-6-10)11(12)7-8-11/h9H,3-8,12H2,1-2H3. The molecule has 12 heavy (non-hydrogen) atoms. The lowest BCUT2D eigenvalue weighted by Gasteiger charge is -2.30. The first-order chi connectivity index (χ1) is 5.68. The normalized spacial score (nSPS) is 29.0. The summed E-state index contributed by atoms with van der Waals surface area (Å²) in [5, 5.41) is 0. The van der Waals surface area contributed by atoms with Gasteiger partial charge in [0.05, 0.1) is 0 Å². The molecule has 2 rings (SSSR count). The van der Waals surface area contributed by atoms with Gasteiger partial charge in [0.2, 0.25) is 0 Å². The minimum absolute atomic E-state index is 0.281. The zero-order valence-corrected chi connectivity index (χ0v) is 8.40. The highest BCUT2D eigenvalue weighted by Gasteiger charge is 2.65. The van der Waals surface area contributed by atoms with Crippen LogP contribution in [0.2, 0.25) is 0 Å². The molecule has 0 aliphatic heterocycles. The van der Waals surface area contributed by atoms with Gasteiger partial charge in [0.25, 0.3) is 0 Å².